The predicted octanol–water partition coefficient (Wildman–Crippen LogP) is 1.39. The van der Waals surface area contributed by atoms with Gasteiger partial charge in [0, 0.05) is 11.6 Å². The summed E-state index contributed by atoms with van der Waals surface area (Å²) in [5, 5.41) is 10.3. The first kappa shape index (κ1) is 11.3. The highest BCUT2D eigenvalue weighted by atomic mass is 16.6. The van der Waals surface area contributed by atoms with E-state index in [0.29, 0.717) is 5.92 Å². The molecule has 2 bridgehead atoms. The highest BCUT2D eigenvalue weighted by Gasteiger charge is 2.77. The van der Waals surface area contributed by atoms with E-state index in [9.17, 15) is 9.90 Å². The number of para-hydroxylation sites is 1. The second-order valence-corrected chi connectivity index (χ2v) is 6.75. The van der Waals surface area contributed by atoms with E-state index in [0.717, 1.165) is 12.1 Å². The number of ether oxygens (including phenoxy) is 1. The number of carbonyl (C=O) groups is 1. The molecule has 1 amide bonds. The Hall–Kier alpha value is -1.39. The van der Waals surface area contributed by atoms with Gasteiger partial charge in [0.2, 0.25) is 5.91 Å². The van der Waals surface area contributed by atoms with Crippen LogP contribution in [0.25, 0.3) is 0 Å². The summed E-state index contributed by atoms with van der Waals surface area (Å²) in [6, 6.07) is 9.77. The van der Waals surface area contributed by atoms with Crippen LogP contribution in [-0.2, 0) is 9.53 Å². The van der Waals surface area contributed by atoms with Crippen LogP contribution in [0.1, 0.15) is 13.3 Å². The van der Waals surface area contributed by atoms with Crippen LogP contribution in [0.4, 0.5) is 5.69 Å². The molecule has 5 rings (SSSR count). The van der Waals surface area contributed by atoms with E-state index in [1.54, 1.807) is 0 Å². The highest BCUT2D eigenvalue weighted by molar-refractivity contribution is 6.00. The molecule has 0 spiro atoms. The second-order valence-electron chi connectivity index (χ2n) is 6.75. The topological polar surface area (TPSA) is 49.8 Å². The van der Waals surface area contributed by atoms with Gasteiger partial charge in [-0.3, -0.25) is 9.69 Å². The van der Waals surface area contributed by atoms with Gasteiger partial charge in [-0.1, -0.05) is 18.2 Å². The first-order chi connectivity index (χ1) is 9.63. The van der Waals surface area contributed by atoms with E-state index >= 15 is 0 Å². The van der Waals surface area contributed by atoms with Crippen LogP contribution in [0.3, 0.4) is 0 Å². The Morgan fingerprint density at radius 3 is 2.80 bits per heavy atom. The van der Waals surface area contributed by atoms with Gasteiger partial charge >= 0.3 is 0 Å². The second kappa shape index (κ2) is 3.26. The number of nitrogens with zero attached hydrogens (tertiary/aromatic N) is 1. The van der Waals surface area contributed by atoms with Crippen LogP contribution in [0.2, 0.25) is 0 Å². The summed E-state index contributed by atoms with van der Waals surface area (Å²) in [6.45, 7) is 2.02. The van der Waals surface area contributed by atoms with Gasteiger partial charge in [-0.15, -0.1) is 0 Å². The molecule has 104 valence electrons. The molecule has 2 saturated carbocycles. The standard InChI is InChI=1S/C16H17NO3/c1-16-12-10-7-9(13(18)14(10)20-16)11(12)15(19)17(16)8-5-3-2-4-6-8/h2-6,9-14,18H,7H2,1H3. The number of hydrogen-bond acceptors (Lipinski definition) is 3. The maximum atomic E-state index is 12.9. The third-order valence-electron chi connectivity index (χ3n) is 6.01. The van der Waals surface area contributed by atoms with Crippen molar-refractivity contribution >= 4 is 11.6 Å². The maximum Gasteiger partial charge on any atom is 0.233 e. The summed E-state index contributed by atoms with van der Waals surface area (Å²) >= 11 is 0. The molecule has 2 heterocycles. The number of amides is 1. The zero-order valence-electron chi connectivity index (χ0n) is 11.3. The lowest BCUT2D eigenvalue weighted by atomic mass is 9.77. The summed E-state index contributed by atoms with van der Waals surface area (Å²) in [6.07, 6.45) is 0.418. The molecular weight excluding hydrogens is 254 g/mol. The number of hydrogen-bond donors (Lipinski definition) is 1. The first-order valence-corrected chi connectivity index (χ1v) is 7.38. The van der Waals surface area contributed by atoms with Gasteiger partial charge in [0.15, 0.2) is 0 Å². The van der Waals surface area contributed by atoms with Crippen molar-refractivity contribution in [3.63, 3.8) is 0 Å². The molecule has 2 aliphatic carbocycles. The molecule has 0 radical (unpaired) electrons. The van der Waals surface area contributed by atoms with E-state index in [4.69, 9.17) is 4.74 Å². The zero-order chi connectivity index (χ0) is 13.6. The SMILES string of the molecule is CC12OC3C(O)C4CC3C1C4C(=O)N2c1ccccc1. The van der Waals surface area contributed by atoms with Crippen molar-refractivity contribution in [2.24, 2.45) is 23.7 Å². The van der Waals surface area contributed by atoms with Gasteiger partial charge in [0.25, 0.3) is 0 Å². The van der Waals surface area contributed by atoms with Crippen molar-refractivity contribution in [2.45, 2.75) is 31.3 Å². The van der Waals surface area contributed by atoms with E-state index in [1.165, 1.54) is 0 Å². The molecule has 1 aromatic carbocycles. The Balaban J connectivity index is 1.67. The van der Waals surface area contributed by atoms with Crippen molar-refractivity contribution in [1.82, 2.24) is 0 Å². The van der Waals surface area contributed by atoms with Crippen LogP contribution in [-0.4, -0.2) is 28.9 Å². The summed E-state index contributed by atoms with van der Waals surface area (Å²) in [4.78, 5) is 14.7. The van der Waals surface area contributed by atoms with Crippen molar-refractivity contribution in [3.05, 3.63) is 30.3 Å². The smallest absolute Gasteiger partial charge is 0.233 e. The van der Waals surface area contributed by atoms with E-state index < -0.39 is 11.8 Å². The Kier molecular flexibility index (Phi) is 1.84. The largest absolute Gasteiger partial charge is 0.390 e. The van der Waals surface area contributed by atoms with Gasteiger partial charge in [-0.25, -0.2) is 0 Å². The summed E-state index contributed by atoms with van der Waals surface area (Å²) in [7, 11) is 0. The van der Waals surface area contributed by atoms with Crippen molar-refractivity contribution in [3.8, 4) is 0 Å². The van der Waals surface area contributed by atoms with Crippen LogP contribution in [0, 0.1) is 23.7 Å². The molecule has 7 unspecified atom stereocenters. The van der Waals surface area contributed by atoms with Gasteiger partial charge in [-0.05, 0) is 37.3 Å². The lowest BCUT2D eigenvalue weighted by molar-refractivity contribution is -0.131. The van der Waals surface area contributed by atoms with Crippen LogP contribution in [0.5, 0.6) is 0 Å². The minimum Gasteiger partial charge on any atom is -0.390 e. The first-order valence-electron chi connectivity index (χ1n) is 7.38. The minimum atomic E-state index is -0.579. The average Bonchev–Trinajstić information content (AvgIpc) is 3.08. The monoisotopic (exact) mass is 271 g/mol. The van der Waals surface area contributed by atoms with Crippen LogP contribution in [0.15, 0.2) is 30.3 Å². The molecule has 4 aliphatic rings. The van der Waals surface area contributed by atoms with Gasteiger partial charge in [0.05, 0.1) is 18.1 Å². The summed E-state index contributed by atoms with van der Waals surface area (Å²) < 4.78 is 6.22. The highest BCUT2D eigenvalue weighted by Crippen LogP contribution is 2.67. The predicted molar refractivity (Wildman–Crippen MR) is 71.8 cm³/mol. The van der Waals surface area contributed by atoms with Crippen molar-refractivity contribution in [2.75, 3.05) is 4.90 Å². The molecule has 4 nitrogen and oxygen atoms in total. The molecule has 2 aliphatic heterocycles. The van der Waals surface area contributed by atoms with Crippen LogP contribution < -0.4 is 4.90 Å². The minimum absolute atomic E-state index is 0.0565. The maximum absolute atomic E-state index is 12.9. The fourth-order valence-corrected chi connectivity index (χ4v) is 5.44. The molecule has 1 N–H and O–H groups in total. The Labute approximate surface area is 117 Å². The third kappa shape index (κ3) is 1.00. The third-order valence-corrected chi connectivity index (χ3v) is 6.01. The Morgan fingerprint density at radius 1 is 1.30 bits per heavy atom. The normalized spacial score (nSPS) is 51.3. The molecule has 0 aromatic heterocycles. The molecule has 1 aromatic rings. The number of anilines is 1. The molecule has 4 heteroatoms. The number of aliphatic hydroxyl groups excluding tert-OH is 1. The lowest BCUT2D eigenvalue weighted by Gasteiger charge is -2.36. The fraction of sp³-hybridized carbons (Fsp3) is 0.562. The number of fused-ring (bicyclic) bond motifs is 2. The van der Waals surface area contributed by atoms with Crippen molar-refractivity contribution < 1.29 is 14.6 Å². The summed E-state index contributed by atoms with van der Waals surface area (Å²) in [5.74, 6) is 0.765. The zero-order valence-corrected chi connectivity index (χ0v) is 11.3. The van der Waals surface area contributed by atoms with Gasteiger partial charge in [0.1, 0.15) is 5.72 Å². The Morgan fingerprint density at radius 2 is 2.05 bits per heavy atom. The molecule has 4 fully saturated rings. The number of benzene rings is 1. The number of rotatable bonds is 1. The fourth-order valence-electron chi connectivity index (χ4n) is 5.44. The van der Waals surface area contributed by atoms with Crippen LogP contribution >= 0.6 is 0 Å². The van der Waals surface area contributed by atoms with Gasteiger partial charge < -0.3 is 9.84 Å². The molecule has 7 atom stereocenters. The van der Waals surface area contributed by atoms with Gasteiger partial charge in [-0.2, -0.15) is 0 Å². The molecule has 20 heavy (non-hydrogen) atoms. The molecule has 2 saturated heterocycles. The number of carbonyl (C=O) groups excluding carboxylic acids is 1. The average molecular weight is 271 g/mol. The quantitative estimate of drug-likeness (QED) is 0.839. The van der Waals surface area contributed by atoms with E-state index in [1.807, 2.05) is 42.2 Å². The van der Waals surface area contributed by atoms with E-state index in [2.05, 4.69) is 0 Å². The Bertz CT molecular complexity index is 603. The van der Waals surface area contributed by atoms with E-state index in [-0.39, 0.29) is 29.8 Å². The summed E-state index contributed by atoms with van der Waals surface area (Å²) in [5.41, 5.74) is 0.328. The lowest BCUT2D eigenvalue weighted by Crippen LogP contribution is -2.49. The molecular formula is C16H17NO3. The number of aliphatic hydroxyl groups is 1. The van der Waals surface area contributed by atoms with Crippen molar-refractivity contribution in [1.29, 1.82) is 0 Å².